The summed E-state index contributed by atoms with van der Waals surface area (Å²) in [5.74, 6) is 1.68. The van der Waals surface area contributed by atoms with Gasteiger partial charge in [-0.05, 0) is 57.2 Å². The Hall–Kier alpha value is -0.120. The number of hydrogen-bond donors (Lipinski definition) is 1. The summed E-state index contributed by atoms with van der Waals surface area (Å²) < 4.78 is 5.59. The van der Waals surface area contributed by atoms with Crippen LogP contribution in [-0.2, 0) is 4.74 Å². The normalized spacial score (nSPS) is 27.8. The number of hydrogen-bond acceptors (Lipinski definition) is 3. The lowest BCUT2D eigenvalue weighted by Gasteiger charge is -2.37. The SMILES string of the molecule is CCC(C1CCOC1)N(CC)CC1CCNCC1. The van der Waals surface area contributed by atoms with E-state index in [1.54, 1.807) is 0 Å². The minimum atomic E-state index is 0.743. The van der Waals surface area contributed by atoms with Crippen LogP contribution in [0.2, 0.25) is 0 Å². The van der Waals surface area contributed by atoms with Gasteiger partial charge < -0.3 is 15.0 Å². The van der Waals surface area contributed by atoms with E-state index >= 15 is 0 Å². The van der Waals surface area contributed by atoms with Gasteiger partial charge in [-0.2, -0.15) is 0 Å². The largest absolute Gasteiger partial charge is 0.381 e. The zero-order chi connectivity index (χ0) is 12.8. The van der Waals surface area contributed by atoms with E-state index in [-0.39, 0.29) is 0 Å². The van der Waals surface area contributed by atoms with Crippen LogP contribution in [0.4, 0.5) is 0 Å². The van der Waals surface area contributed by atoms with Crippen LogP contribution in [0.5, 0.6) is 0 Å². The van der Waals surface area contributed by atoms with Crippen LogP contribution < -0.4 is 5.32 Å². The van der Waals surface area contributed by atoms with Crippen molar-refractivity contribution >= 4 is 0 Å². The van der Waals surface area contributed by atoms with Gasteiger partial charge in [0.25, 0.3) is 0 Å². The Labute approximate surface area is 112 Å². The number of piperidine rings is 1. The molecule has 0 saturated carbocycles. The van der Waals surface area contributed by atoms with E-state index in [4.69, 9.17) is 4.74 Å². The highest BCUT2D eigenvalue weighted by Crippen LogP contribution is 2.25. The average molecular weight is 254 g/mol. The van der Waals surface area contributed by atoms with Crippen molar-refractivity contribution in [2.75, 3.05) is 39.4 Å². The first kappa shape index (κ1) is 14.3. The Morgan fingerprint density at radius 1 is 1.22 bits per heavy atom. The molecule has 18 heavy (non-hydrogen) atoms. The van der Waals surface area contributed by atoms with E-state index in [2.05, 4.69) is 24.1 Å². The third-order valence-electron chi connectivity index (χ3n) is 4.75. The average Bonchev–Trinajstić information content (AvgIpc) is 2.93. The maximum Gasteiger partial charge on any atom is 0.0510 e. The zero-order valence-electron chi connectivity index (χ0n) is 12.2. The van der Waals surface area contributed by atoms with E-state index in [9.17, 15) is 0 Å². The first-order valence-electron chi connectivity index (χ1n) is 7.87. The van der Waals surface area contributed by atoms with Crippen molar-refractivity contribution < 1.29 is 4.74 Å². The lowest BCUT2D eigenvalue weighted by molar-refractivity contribution is 0.0985. The number of ether oxygens (including phenoxy) is 1. The summed E-state index contributed by atoms with van der Waals surface area (Å²) in [6.45, 7) is 11.5. The van der Waals surface area contributed by atoms with E-state index in [1.165, 1.54) is 51.9 Å². The van der Waals surface area contributed by atoms with Crippen molar-refractivity contribution in [3.8, 4) is 0 Å². The van der Waals surface area contributed by atoms with Crippen LogP contribution in [0, 0.1) is 11.8 Å². The monoisotopic (exact) mass is 254 g/mol. The molecule has 2 fully saturated rings. The van der Waals surface area contributed by atoms with Gasteiger partial charge in [0.15, 0.2) is 0 Å². The second kappa shape index (κ2) is 7.46. The molecule has 3 nitrogen and oxygen atoms in total. The van der Waals surface area contributed by atoms with Crippen molar-refractivity contribution in [2.45, 2.75) is 45.6 Å². The van der Waals surface area contributed by atoms with Crippen molar-refractivity contribution in [3.63, 3.8) is 0 Å². The van der Waals surface area contributed by atoms with Crippen LogP contribution in [0.15, 0.2) is 0 Å². The van der Waals surface area contributed by atoms with Crippen molar-refractivity contribution in [3.05, 3.63) is 0 Å². The molecule has 0 aromatic carbocycles. The Morgan fingerprint density at radius 2 is 2.00 bits per heavy atom. The van der Waals surface area contributed by atoms with Crippen molar-refractivity contribution in [1.82, 2.24) is 10.2 Å². The molecule has 0 aromatic heterocycles. The molecule has 2 rings (SSSR count). The van der Waals surface area contributed by atoms with E-state index in [0.717, 1.165) is 31.1 Å². The molecule has 2 atom stereocenters. The minimum absolute atomic E-state index is 0.743. The molecular formula is C15H30N2O. The summed E-state index contributed by atoms with van der Waals surface area (Å²) in [5.41, 5.74) is 0. The molecule has 0 amide bonds. The molecule has 0 aliphatic carbocycles. The Morgan fingerprint density at radius 3 is 2.56 bits per heavy atom. The summed E-state index contributed by atoms with van der Waals surface area (Å²) in [4.78, 5) is 2.73. The molecule has 2 saturated heterocycles. The van der Waals surface area contributed by atoms with Gasteiger partial charge in [-0.3, -0.25) is 0 Å². The van der Waals surface area contributed by atoms with Crippen LogP contribution in [-0.4, -0.2) is 50.3 Å². The van der Waals surface area contributed by atoms with E-state index in [1.807, 2.05) is 0 Å². The predicted octanol–water partition coefficient (Wildman–Crippen LogP) is 2.12. The van der Waals surface area contributed by atoms with Crippen molar-refractivity contribution in [1.29, 1.82) is 0 Å². The zero-order valence-corrected chi connectivity index (χ0v) is 12.2. The van der Waals surface area contributed by atoms with E-state index < -0.39 is 0 Å². The molecule has 2 unspecified atom stereocenters. The van der Waals surface area contributed by atoms with Crippen LogP contribution in [0.1, 0.15) is 39.5 Å². The topological polar surface area (TPSA) is 24.5 Å². The van der Waals surface area contributed by atoms with Crippen LogP contribution in [0.3, 0.4) is 0 Å². The lowest BCUT2D eigenvalue weighted by atomic mass is 9.92. The van der Waals surface area contributed by atoms with Gasteiger partial charge in [0.05, 0.1) is 6.61 Å². The summed E-state index contributed by atoms with van der Waals surface area (Å²) in [7, 11) is 0. The molecule has 1 N–H and O–H groups in total. The van der Waals surface area contributed by atoms with Gasteiger partial charge in [0.2, 0.25) is 0 Å². The lowest BCUT2D eigenvalue weighted by Crippen LogP contribution is -2.44. The molecule has 2 aliphatic rings. The second-order valence-electron chi connectivity index (χ2n) is 5.88. The molecule has 0 aromatic rings. The van der Waals surface area contributed by atoms with Gasteiger partial charge >= 0.3 is 0 Å². The molecule has 106 valence electrons. The standard InChI is InChI=1S/C15H30N2O/c1-3-15(14-7-10-18-12-14)17(4-2)11-13-5-8-16-9-6-13/h13-16H,3-12H2,1-2H3. The third kappa shape index (κ3) is 3.69. The Kier molecular flexibility index (Phi) is 5.93. The number of nitrogens with one attached hydrogen (secondary N) is 1. The summed E-state index contributed by atoms with van der Waals surface area (Å²) in [5, 5.41) is 3.47. The summed E-state index contributed by atoms with van der Waals surface area (Å²) in [6.07, 6.45) is 5.25. The molecule has 2 aliphatic heterocycles. The van der Waals surface area contributed by atoms with E-state index in [0.29, 0.717) is 0 Å². The van der Waals surface area contributed by atoms with Crippen LogP contribution >= 0.6 is 0 Å². The van der Waals surface area contributed by atoms with Gasteiger partial charge in [-0.1, -0.05) is 13.8 Å². The summed E-state index contributed by atoms with van der Waals surface area (Å²) in [6, 6.07) is 0.743. The Bertz CT molecular complexity index is 223. The van der Waals surface area contributed by atoms with Gasteiger partial charge in [0.1, 0.15) is 0 Å². The van der Waals surface area contributed by atoms with Gasteiger partial charge in [-0.25, -0.2) is 0 Å². The van der Waals surface area contributed by atoms with Gasteiger partial charge in [-0.15, -0.1) is 0 Å². The quantitative estimate of drug-likeness (QED) is 0.786. The molecule has 0 radical (unpaired) electrons. The fourth-order valence-electron chi connectivity index (χ4n) is 3.64. The fourth-order valence-corrected chi connectivity index (χ4v) is 3.64. The highest BCUT2D eigenvalue weighted by Gasteiger charge is 2.29. The second-order valence-corrected chi connectivity index (χ2v) is 5.88. The third-order valence-corrected chi connectivity index (χ3v) is 4.75. The maximum absolute atomic E-state index is 5.59. The highest BCUT2D eigenvalue weighted by molar-refractivity contribution is 4.83. The Balaban J connectivity index is 1.87. The predicted molar refractivity (Wildman–Crippen MR) is 75.8 cm³/mol. The minimum Gasteiger partial charge on any atom is -0.381 e. The maximum atomic E-state index is 5.59. The highest BCUT2D eigenvalue weighted by atomic mass is 16.5. The molecule has 2 heterocycles. The van der Waals surface area contributed by atoms with Crippen LogP contribution in [0.25, 0.3) is 0 Å². The number of rotatable bonds is 6. The fraction of sp³-hybridized carbons (Fsp3) is 1.00. The first-order valence-corrected chi connectivity index (χ1v) is 7.87. The first-order chi connectivity index (χ1) is 8.85. The molecular weight excluding hydrogens is 224 g/mol. The smallest absolute Gasteiger partial charge is 0.0510 e. The molecule has 0 spiro atoms. The number of nitrogens with zero attached hydrogens (tertiary/aromatic N) is 1. The van der Waals surface area contributed by atoms with Gasteiger partial charge in [0, 0.05) is 19.2 Å². The summed E-state index contributed by atoms with van der Waals surface area (Å²) >= 11 is 0. The molecule has 0 bridgehead atoms. The molecule has 3 heteroatoms. The van der Waals surface area contributed by atoms with Crippen molar-refractivity contribution in [2.24, 2.45) is 11.8 Å².